The van der Waals surface area contributed by atoms with Crippen LogP contribution in [0.25, 0.3) is 0 Å². The van der Waals surface area contributed by atoms with Crippen LogP contribution >= 0.6 is 0 Å². The third-order valence-electron chi connectivity index (χ3n) is 2.24. The largest absolute Gasteiger partial charge is 0.379 e. The Morgan fingerprint density at radius 1 is 1.62 bits per heavy atom. The molecule has 1 amide bonds. The number of primary amides is 1. The van der Waals surface area contributed by atoms with E-state index in [2.05, 4.69) is 10.2 Å². The highest BCUT2D eigenvalue weighted by atomic mass is 16.5. The Bertz CT molecular complexity index is 169. The lowest BCUT2D eigenvalue weighted by Crippen LogP contribution is -2.50. The van der Waals surface area contributed by atoms with Crippen LogP contribution in [0.2, 0.25) is 0 Å². The number of nitrogens with one attached hydrogen (secondary N) is 1. The molecule has 0 radical (unpaired) electrons. The zero-order chi connectivity index (χ0) is 9.68. The topological polar surface area (TPSA) is 67.6 Å². The molecule has 0 saturated carbocycles. The first kappa shape index (κ1) is 10.4. The average Bonchev–Trinajstić information content (AvgIpc) is 2.15. The Kier molecular flexibility index (Phi) is 4.14. The molecule has 1 heterocycles. The summed E-state index contributed by atoms with van der Waals surface area (Å²) in [7, 11) is 1.75. The van der Waals surface area contributed by atoms with Crippen molar-refractivity contribution >= 4 is 5.91 Å². The van der Waals surface area contributed by atoms with Crippen molar-refractivity contribution in [3.05, 3.63) is 0 Å². The van der Waals surface area contributed by atoms with Crippen molar-refractivity contribution in [3.8, 4) is 0 Å². The maximum atomic E-state index is 10.9. The van der Waals surface area contributed by atoms with E-state index in [1.165, 1.54) is 0 Å². The summed E-state index contributed by atoms with van der Waals surface area (Å²) >= 11 is 0. The Morgan fingerprint density at radius 3 is 2.69 bits per heavy atom. The zero-order valence-corrected chi connectivity index (χ0v) is 7.95. The number of likely N-dealkylation sites (N-methyl/N-ethyl adjacent to an activating group) is 1. The Hall–Kier alpha value is -0.650. The van der Waals surface area contributed by atoms with Gasteiger partial charge in [0.05, 0.1) is 19.3 Å². The highest BCUT2D eigenvalue weighted by molar-refractivity contribution is 5.80. The van der Waals surface area contributed by atoms with Crippen molar-refractivity contribution in [1.82, 2.24) is 10.2 Å². The van der Waals surface area contributed by atoms with Gasteiger partial charge in [-0.2, -0.15) is 0 Å². The third-order valence-corrected chi connectivity index (χ3v) is 2.24. The molecule has 5 heteroatoms. The minimum absolute atomic E-state index is 0.252. The lowest BCUT2D eigenvalue weighted by molar-refractivity contribution is -0.120. The van der Waals surface area contributed by atoms with E-state index in [0.717, 1.165) is 26.3 Å². The van der Waals surface area contributed by atoms with E-state index < -0.39 is 0 Å². The van der Waals surface area contributed by atoms with E-state index in [-0.39, 0.29) is 11.9 Å². The molecule has 1 fully saturated rings. The SMILES string of the molecule is CNC(CN1CCOCC1)C(N)=O. The number of carbonyl (C=O) groups is 1. The molecular weight excluding hydrogens is 170 g/mol. The lowest BCUT2D eigenvalue weighted by Gasteiger charge is -2.29. The quantitative estimate of drug-likeness (QED) is 0.556. The van der Waals surface area contributed by atoms with Crippen LogP contribution in [0.3, 0.4) is 0 Å². The molecule has 1 unspecified atom stereocenters. The molecule has 1 aliphatic rings. The molecule has 1 rings (SSSR count). The molecule has 1 atom stereocenters. The smallest absolute Gasteiger partial charge is 0.235 e. The van der Waals surface area contributed by atoms with Crippen LogP contribution in [0.4, 0.5) is 0 Å². The van der Waals surface area contributed by atoms with Crippen LogP contribution in [0.5, 0.6) is 0 Å². The van der Waals surface area contributed by atoms with Crippen LogP contribution in [0.1, 0.15) is 0 Å². The number of carbonyl (C=O) groups excluding carboxylic acids is 1. The molecule has 76 valence electrons. The fourth-order valence-corrected chi connectivity index (χ4v) is 1.37. The number of morpholine rings is 1. The van der Waals surface area contributed by atoms with E-state index in [1.54, 1.807) is 7.05 Å². The van der Waals surface area contributed by atoms with Gasteiger partial charge in [-0.25, -0.2) is 0 Å². The fourth-order valence-electron chi connectivity index (χ4n) is 1.37. The molecule has 0 aliphatic carbocycles. The van der Waals surface area contributed by atoms with Gasteiger partial charge in [-0.05, 0) is 7.05 Å². The number of ether oxygens (including phenoxy) is 1. The highest BCUT2D eigenvalue weighted by Gasteiger charge is 2.18. The van der Waals surface area contributed by atoms with Gasteiger partial charge in [-0.15, -0.1) is 0 Å². The van der Waals surface area contributed by atoms with E-state index in [0.29, 0.717) is 6.54 Å². The maximum absolute atomic E-state index is 10.9. The molecule has 5 nitrogen and oxygen atoms in total. The number of amides is 1. The fraction of sp³-hybridized carbons (Fsp3) is 0.875. The number of rotatable bonds is 4. The summed E-state index contributed by atoms with van der Waals surface area (Å²) in [5.41, 5.74) is 5.21. The van der Waals surface area contributed by atoms with Gasteiger partial charge in [-0.1, -0.05) is 0 Å². The summed E-state index contributed by atoms with van der Waals surface area (Å²) in [5, 5.41) is 2.89. The van der Waals surface area contributed by atoms with Crippen molar-refractivity contribution in [1.29, 1.82) is 0 Å². The number of nitrogens with two attached hydrogens (primary N) is 1. The summed E-state index contributed by atoms with van der Waals surface area (Å²) in [6, 6.07) is -0.252. The Morgan fingerprint density at radius 2 is 2.23 bits per heavy atom. The third kappa shape index (κ3) is 3.30. The Labute approximate surface area is 78.2 Å². The second-order valence-corrected chi connectivity index (χ2v) is 3.16. The molecule has 1 aliphatic heterocycles. The van der Waals surface area contributed by atoms with Crippen molar-refractivity contribution in [2.45, 2.75) is 6.04 Å². The average molecular weight is 187 g/mol. The molecule has 0 aromatic rings. The second kappa shape index (κ2) is 5.16. The van der Waals surface area contributed by atoms with Gasteiger partial charge in [0.25, 0.3) is 0 Å². The monoisotopic (exact) mass is 187 g/mol. The minimum atomic E-state index is -0.297. The Balaban J connectivity index is 2.31. The maximum Gasteiger partial charge on any atom is 0.235 e. The molecule has 0 spiro atoms. The molecule has 0 aromatic carbocycles. The molecule has 13 heavy (non-hydrogen) atoms. The van der Waals surface area contributed by atoms with Gasteiger partial charge >= 0.3 is 0 Å². The summed E-state index contributed by atoms with van der Waals surface area (Å²) in [4.78, 5) is 13.1. The van der Waals surface area contributed by atoms with E-state index >= 15 is 0 Å². The highest BCUT2D eigenvalue weighted by Crippen LogP contribution is 1.97. The van der Waals surface area contributed by atoms with Gasteiger partial charge in [0.1, 0.15) is 0 Å². The van der Waals surface area contributed by atoms with Crippen molar-refractivity contribution < 1.29 is 9.53 Å². The van der Waals surface area contributed by atoms with Crippen molar-refractivity contribution in [3.63, 3.8) is 0 Å². The molecule has 3 N–H and O–H groups in total. The summed E-state index contributed by atoms with van der Waals surface area (Å²) in [6.07, 6.45) is 0. The molecule has 0 aromatic heterocycles. The first-order valence-corrected chi connectivity index (χ1v) is 4.50. The van der Waals surface area contributed by atoms with Crippen molar-refractivity contribution in [2.75, 3.05) is 39.9 Å². The molecular formula is C8H17N3O2. The predicted molar refractivity (Wildman–Crippen MR) is 49.3 cm³/mol. The number of hydrogen-bond donors (Lipinski definition) is 2. The van der Waals surface area contributed by atoms with E-state index in [4.69, 9.17) is 10.5 Å². The van der Waals surface area contributed by atoms with E-state index in [9.17, 15) is 4.79 Å². The summed E-state index contributed by atoms with van der Waals surface area (Å²) in [6.45, 7) is 3.93. The first-order valence-electron chi connectivity index (χ1n) is 4.50. The lowest BCUT2D eigenvalue weighted by atomic mass is 10.2. The molecule has 1 saturated heterocycles. The van der Waals surface area contributed by atoms with Crippen LogP contribution in [-0.2, 0) is 9.53 Å². The second-order valence-electron chi connectivity index (χ2n) is 3.16. The summed E-state index contributed by atoms with van der Waals surface area (Å²) < 4.78 is 5.20. The van der Waals surface area contributed by atoms with Crippen LogP contribution in [-0.4, -0.2) is 56.7 Å². The summed E-state index contributed by atoms with van der Waals surface area (Å²) in [5.74, 6) is -0.297. The van der Waals surface area contributed by atoms with Gasteiger partial charge in [0, 0.05) is 19.6 Å². The van der Waals surface area contributed by atoms with Gasteiger partial charge in [-0.3, -0.25) is 9.69 Å². The van der Waals surface area contributed by atoms with Gasteiger partial charge in [0.15, 0.2) is 0 Å². The predicted octanol–water partition coefficient (Wildman–Crippen LogP) is -1.61. The van der Waals surface area contributed by atoms with Crippen LogP contribution in [0.15, 0.2) is 0 Å². The number of hydrogen-bond acceptors (Lipinski definition) is 4. The number of nitrogens with zero attached hydrogens (tertiary/aromatic N) is 1. The van der Waals surface area contributed by atoms with Crippen LogP contribution < -0.4 is 11.1 Å². The standard InChI is InChI=1S/C8H17N3O2/c1-10-7(8(9)12)6-11-2-4-13-5-3-11/h7,10H,2-6H2,1H3,(H2,9,12). The van der Waals surface area contributed by atoms with Gasteiger partial charge in [0.2, 0.25) is 5.91 Å². The van der Waals surface area contributed by atoms with Crippen LogP contribution in [0, 0.1) is 0 Å². The normalized spacial score (nSPS) is 21.3. The zero-order valence-electron chi connectivity index (χ0n) is 7.95. The van der Waals surface area contributed by atoms with E-state index in [1.807, 2.05) is 0 Å². The van der Waals surface area contributed by atoms with Crippen molar-refractivity contribution in [2.24, 2.45) is 5.73 Å². The minimum Gasteiger partial charge on any atom is -0.379 e. The van der Waals surface area contributed by atoms with Gasteiger partial charge < -0.3 is 15.8 Å². The molecule has 0 bridgehead atoms. The first-order chi connectivity index (χ1) is 6.24.